The Hall–Kier alpha value is -3.85. The second-order valence-electron chi connectivity index (χ2n) is 8.06. The summed E-state index contributed by atoms with van der Waals surface area (Å²) in [6, 6.07) is 17.5. The number of nitrogens with zero attached hydrogens (tertiary/aromatic N) is 4. The zero-order chi connectivity index (χ0) is 24.9. The highest BCUT2D eigenvalue weighted by atomic mass is 79.9. The fourth-order valence-electron chi connectivity index (χ4n) is 3.66. The molecule has 0 saturated carbocycles. The molecule has 4 rings (SSSR count). The van der Waals surface area contributed by atoms with E-state index in [0.29, 0.717) is 34.5 Å². The Morgan fingerprint density at radius 1 is 1.17 bits per heavy atom. The lowest BCUT2D eigenvalue weighted by Gasteiger charge is -2.11. The van der Waals surface area contributed by atoms with Gasteiger partial charge >= 0.3 is 0 Å². The Morgan fingerprint density at radius 2 is 2.00 bits per heavy atom. The van der Waals surface area contributed by atoms with Gasteiger partial charge in [-0.1, -0.05) is 52.7 Å². The van der Waals surface area contributed by atoms with Crippen molar-refractivity contribution in [2.45, 2.75) is 33.3 Å². The molecule has 3 aromatic carbocycles. The maximum Gasteiger partial charge on any atom is 0.282 e. The molecule has 8 nitrogen and oxygen atoms in total. The molecule has 0 unspecified atom stereocenters. The highest BCUT2D eigenvalue weighted by Gasteiger charge is 2.13. The molecule has 35 heavy (non-hydrogen) atoms. The molecule has 4 aromatic rings. The Morgan fingerprint density at radius 3 is 2.74 bits per heavy atom. The van der Waals surface area contributed by atoms with E-state index in [1.165, 1.54) is 23.0 Å². The van der Waals surface area contributed by atoms with Gasteiger partial charge in [-0.25, -0.2) is 4.98 Å². The van der Waals surface area contributed by atoms with E-state index in [0.717, 1.165) is 22.0 Å². The third-order valence-electron chi connectivity index (χ3n) is 5.34. The maximum absolute atomic E-state index is 13.2. The third-order valence-corrected chi connectivity index (χ3v) is 5.84. The van der Waals surface area contributed by atoms with Crippen LogP contribution in [0.25, 0.3) is 10.9 Å². The van der Waals surface area contributed by atoms with Gasteiger partial charge in [0.2, 0.25) is 0 Å². The number of rotatable bonds is 8. The van der Waals surface area contributed by atoms with Crippen LogP contribution in [0, 0.1) is 17.0 Å². The first-order chi connectivity index (χ1) is 16.9. The number of nitro groups is 1. The van der Waals surface area contributed by atoms with Crippen LogP contribution >= 0.6 is 15.9 Å². The van der Waals surface area contributed by atoms with Crippen LogP contribution < -0.4 is 10.3 Å². The van der Waals surface area contributed by atoms with Crippen LogP contribution in [0.4, 0.5) is 5.69 Å². The smallest absolute Gasteiger partial charge is 0.282 e. The highest BCUT2D eigenvalue weighted by molar-refractivity contribution is 9.10. The van der Waals surface area contributed by atoms with Crippen LogP contribution in [0.3, 0.4) is 0 Å². The number of nitro benzene ring substituents is 1. The molecule has 0 amide bonds. The Bertz CT molecular complexity index is 1500. The molecule has 0 aliphatic carbocycles. The number of aryl methyl sites for hydroxylation is 2. The van der Waals surface area contributed by atoms with Crippen molar-refractivity contribution in [1.82, 2.24) is 9.66 Å². The van der Waals surface area contributed by atoms with E-state index in [1.807, 2.05) is 44.2 Å². The molecule has 0 fully saturated rings. The normalized spacial score (nSPS) is 11.3. The molecule has 1 heterocycles. The first-order valence-electron chi connectivity index (χ1n) is 11.1. The van der Waals surface area contributed by atoms with Gasteiger partial charge < -0.3 is 4.74 Å². The second kappa shape index (κ2) is 10.6. The summed E-state index contributed by atoms with van der Waals surface area (Å²) in [4.78, 5) is 28.8. The summed E-state index contributed by atoms with van der Waals surface area (Å²) in [7, 11) is 0. The van der Waals surface area contributed by atoms with Crippen molar-refractivity contribution in [2.75, 3.05) is 0 Å². The van der Waals surface area contributed by atoms with E-state index in [1.54, 1.807) is 18.2 Å². The lowest BCUT2D eigenvalue weighted by molar-refractivity contribution is -0.384. The predicted octanol–water partition coefficient (Wildman–Crippen LogP) is 5.79. The SMILES string of the molecule is CCCc1nc2ccc(Br)cc2c(=O)n1N=Cc1cc([N+](=O)[O-])ccc1OCc1cccc(C)c1. The van der Waals surface area contributed by atoms with Gasteiger partial charge in [-0.2, -0.15) is 9.78 Å². The van der Waals surface area contributed by atoms with Gasteiger partial charge in [0.25, 0.3) is 11.2 Å². The van der Waals surface area contributed by atoms with Gasteiger partial charge in [0.05, 0.1) is 22.0 Å². The Balaban J connectivity index is 1.76. The average molecular weight is 535 g/mol. The number of benzene rings is 3. The predicted molar refractivity (Wildman–Crippen MR) is 139 cm³/mol. The highest BCUT2D eigenvalue weighted by Crippen LogP contribution is 2.24. The van der Waals surface area contributed by atoms with Gasteiger partial charge in [-0.15, -0.1) is 0 Å². The zero-order valence-corrected chi connectivity index (χ0v) is 20.9. The van der Waals surface area contributed by atoms with Crippen molar-refractivity contribution in [2.24, 2.45) is 5.10 Å². The van der Waals surface area contributed by atoms with Crippen LogP contribution in [0.1, 0.15) is 35.9 Å². The van der Waals surface area contributed by atoms with Crippen LogP contribution in [0.2, 0.25) is 0 Å². The largest absolute Gasteiger partial charge is 0.488 e. The number of hydrogen-bond donors (Lipinski definition) is 0. The number of aromatic nitrogens is 2. The molecular formula is C26H23BrN4O4. The summed E-state index contributed by atoms with van der Waals surface area (Å²) in [5, 5.41) is 16.2. The van der Waals surface area contributed by atoms with E-state index in [9.17, 15) is 14.9 Å². The molecular weight excluding hydrogens is 512 g/mol. The number of ether oxygens (including phenoxy) is 1. The minimum atomic E-state index is -0.481. The fraction of sp³-hybridized carbons (Fsp3) is 0.192. The monoisotopic (exact) mass is 534 g/mol. The molecule has 9 heteroatoms. The topological polar surface area (TPSA) is 99.6 Å². The summed E-state index contributed by atoms with van der Waals surface area (Å²) < 4.78 is 7.98. The van der Waals surface area contributed by atoms with Crippen molar-refractivity contribution >= 4 is 38.7 Å². The molecule has 0 spiro atoms. The first kappa shape index (κ1) is 24.3. The molecule has 178 valence electrons. The van der Waals surface area contributed by atoms with E-state index >= 15 is 0 Å². The minimum Gasteiger partial charge on any atom is -0.488 e. The van der Waals surface area contributed by atoms with E-state index in [-0.39, 0.29) is 17.9 Å². The number of halogens is 1. The summed E-state index contributed by atoms with van der Waals surface area (Å²) in [6.07, 6.45) is 2.72. The minimum absolute atomic E-state index is 0.101. The summed E-state index contributed by atoms with van der Waals surface area (Å²) in [6.45, 7) is 4.27. The molecule has 0 atom stereocenters. The summed E-state index contributed by atoms with van der Waals surface area (Å²) >= 11 is 3.39. The van der Waals surface area contributed by atoms with Crippen LogP contribution in [0.15, 0.2) is 75.0 Å². The maximum atomic E-state index is 13.2. The van der Waals surface area contributed by atoms with Crippen molar-refractivity contribution in [3.8, 4) is 5.75 Å². The summed E-state index contributed by atoms with van der Waals surface area (Å²) in [5.41, 5.74) is 2.63. The average Bonchev–Trinajstić information content (AvgIpc) is 2.83. The Labute approximate surface area is 210 Å². The Kier molecular flexibility index (Phi) is 7.36. The van der Waals surface area contributed by atoms with Gasteiger partial charge in [0.15, 0.2) is 0 Å². The van der Waals surface area contributed by atoms with Crippen molar-refractivity contribution in [1.29, 1.82) is 0 Å². The van der Waals surface area contributed by atoms with E-state index < -0.39 is 4.92 Å². The van der Waals surface area contributed by atoms with Crippen LogP contribution in [-0.2, 0) is 13.0 Å². The fourth-order valence-corrected chi connectivity index (χ4v) is 4.03. The molecule has 0 N–H and O–H groups in total. The van der Waals surface area contributed by atoms with Gasteiger partial charge in [0.1, 0.15) is 18.2 Å². The molecule has 0 aliphatic rings. The first-order valence-corrected chi connectivity index (χ1v) is 11.9. The van der Waals surface area contributed by atoms with Gasteiger partial charge in [-0.05, 0) is 43.2 Å². The number of non-ortho nitro benzene ring substituents is 1. The molecule has 0 bridgehead atoms. The van der Waals surface area contributed by atoms with Crippen LogP contribution in [0.5, 0.6) is 5.75 Å². The lowest BCUT2D eigenvalue weighted by Crippen LogP contribution is -2.22. The molecule has 0 saturated heterocycles. The number of fused-ring (bicyclic) bond motifs is 1. The van der Waals surface area contributed by atoms with Crippen LogP contribution in [-0.4, -0.2) is 20.8 Å². The van der Waals surface area contributed by atoms with E-state index in [4.69, 9.17) is 4.74 Å². The van der Waals surface area contributed by atoms with Gasteiger partial charge in [-0.3, -0.25) is 14.9 Å². The van der Waals surface area contributed by atoms with E-state index in [2.05, 4.69) is 26.0 Å². The number of hydrogen-bond acceptors (Lipinski definition) is 6. The van der Waals surface area contributed by atoms with Crippen molar-refractivity contribution < 1.29 is 9.66 Å². The quantitative estimate of drug-likeness (QED) is 0.162. The third kappa shape index (κ3) is 5.63. The molecule has 1 aromatic heterocycles. The molecule has 0 aliphatic heterocycles. The van der Waals surface area contributed by atoms with Crippen molar-refractivity contribution in [3.05, 3.63) is 108 Å². The zero-order valence-electron chi connectivity index (χ0n) is 19.3. The standard InChI is InChI=1S/C26H23BrN4O4/c1-3-5-25-29-23-10-8-20(27)14-22(23)26(32)30(25)28-15-19-13-21(31(33)34)9-11-24(19)35-16-18-7-4-6-17(2)12-18/h4,6-15H,3,5,16H2,1-2H3. The van der Waals surface area contributed by atoms with Crippen molar-refractivity contribution in [3.63, 3.8) is 0 Å². The second-order valence-corrected chi connectivity index (χ2v) is 8.97. The van der Waals surface area contributed by atoms with Gasteiger partial charge in [0, 0.05) is 28.6 Å². The molecule has 0 radical (unpaired) electrons. The summed E-state index contributed by atoms with van der Waals surface area (Å²) in [5.74, 6) is 0.929. The lowest BCUT2D eigenvalue weighted by atomic mass is 10.1.